The van der Waals surface area contributed by atoms with Gasteiger partial charge in [0.15, 0.2) is 5.84 Å². The second-order valence-electron chi connectivity index (χ2n) is 4.08. The summed E-state index contributed by atoms with van der Waals surface area (Å²) >= 11 is 0. The van der Waals surface area contributed by atoms with Crippen LogP contribution in [0.2, 0.25) is 0 Å². The molecule has 2 rings (SSSR count). The zero-order valence-corrected chi connectivity index (χ0v) is 10.8. The molecule has 0 atom stereocenters. The van der Waals surface area contributed by atoms with Crippen molar-refractivity contribution in [2.24, 2.45) is 15.8 Å². The number of nitrogens with two attached hydrogens (primary N) is 1. The lowest BCUT2D eigenvalue weighted by Gasteiger charge is -2.20. The van der Waals surface area contributed by atoms with Crippen molar-refractivity contribution in [1.29, 1.82) is 0 Å². The minimum Gasteiger partial charge on any atom is -0.381 e. The Hall–Kier alpha value is -2.04. The maximum Gasteiger partial charge on any atom is 0.166 e. The Morgan fingerprint density at radius 2 is 1.94 bits per heavy atom. The molecule has 1 aliphatic rings. The normalized spacial score (nSPS) is 16.6. The third-order valence-electron chi connectivity index (χ3n) is 2.98. The van der Waals surface area contributed by atoms with Crippen LogP contribution in [0.5, 0.6) is 0 Å². The number of hydrogen-bond acceptors (Lipinski definition) is 5. The fraction of sp³-hybridized carbons (Fsp3) is 0.385. The number of anilines is 1. The van der Waals surface area contributed by atoms with E-state index in [1.54, 1.807) is 0 Å². The van der Waals surface area contributed by atoms with Gasteiger partial charge in [-0.2, -0.15) is 5.10 Å². The van der Waals surface area contributed by atoms with Gasteiger partial charge in [0.2, 0.25) is 0 Å². The number of hydrogen-bond donors (Lipinski definition) is 2. The second-order valence-corrected chi connectivity index (χ2v) is 4.08. The largest absolute Gasteiger partial charge is 0.381 e. The van der Waals surface area contributed by atoms with Crippen molar-refractivity contribution < 1.29 is 0 Å². The first-order valence-electron chi connectivity index (χ1n) is 6.23. The molecule has 1 aromatic carbocycles. The maximum absolute atomic E-state index is 5.70. The molecule has 0 saturated carbocycles. The number of nitrogens with one attached hydrogen (secondary N) is 1. The van der Waals surface area contributed by atoms with E-state index in [0.717, 1.165) is 24.5 Å². The summed E-state index contributed by atoms with van der Waals surface area (Å²) in [5, 5.41) is 3.89. The SMILES string of the molecule is CCN(CC)c1ccc(N=C2CNN=C2N)cc1. The summed E-state index contributed by atoms with van der Waals surface area (Å²) in [5.41, 5.74) is 11.4. The average molecular weight is 245 g/mol. The average Bonchev–Trinajstić information content (AvgIpc) is 2.79. The Balaban J connectivity index is 2.15. The van der Waals surface area contributed by atoms with Crippen molar-refractivity contribution in [2.75, 3.05) is 24.5 Å². The maximum atomic E-state index is 5.70. The van der Waals surface area contributed by atoms with Crippen LogP contribution in [-0.2, 0) is 0 Å². The molecule has 0 spiro atoms. The quantitative estimate of drug-likeness (QED) is 0.844. The molecule has 96 valence electrons. The van der Waals surface area contributed by atoms with E-state index in [-0.39, 0.29) is 0 Å². The zero-order chi connectivity index (χ0) is 13.0. The first kappa shape index (κ1) is 12.4. The highest BCUT2D eigenvalue weighted by atomic mass is 15.3. The molecule has 18 heavy (non-hydrogen) atoms. The fourth-order valence-electron chi connectivity index (χ4n) is 1.93. The molecule has 0 aliphatic carbocycles. The van der Waals surface area contributed by atoms with Crippen molar-refractivity contribution in [3.05, 3.63) is 24.3 Å². The molecule has 5 nitrogen and oxygen atoms in total. The van der Waals surface area contributed by atoms with Crippen LogP contribution >= 0.6 is 0 Å². The summed E-state index contributed by atoms with van der Waals surface area (Å²) in [6.07, 6.45) is 0. The molecule has 0 unspecified atom stereocenters. The van der Waals surface area contributed by atoms with Gasteiger partial charge in [-0.3, -0.25) is 0 Å². The molecule has 0 bridgehead atoms. The molecular formula is C13H19N5. The predicted molar refractivity (Wildman–Crippen MR) is 76.7 cm³/mol. The second kappa shape index (κ2) is 5.53. The smallest absolute Gasteiger partial charge is 0.166 e. The molecule has 1 aliphatic heterocycles. The van der Waals surface area contributed by atoms with Crippen molar-refractivity contribution >= 4 is 22.9 Å². The van der Waals surface area contributed by atoms with Gasteiger partial charge in [-0.15, -0.1) is 0 Å². The van der Waals surface area contributed by atoms with Gasteiger partial charge in [0.25, 0.3) is 0 Å². The lowest BCUT2D eigenvalue weighted by atomic mass is 10.2. The van der Waals surface area contributed by atoms with Crippen LogP contribution in [0, 0.1) is 0 Å². The predicted octanol–water partition coefficient (Wildman–Crippen LogP) is 1.48. The Morgan fingerprint density at radius 1 is 1.28 bits per heavy atom. The number of hydrazone groups is 1. The molecule has 3 N–H and O–H groups in total. The van der Waals surface area contributed by atoms with Crippen molar-refractivity contribution in [2.45, 2.75) is 13.8 Å². The number of nitrogens with zero attached hydrogens (tertiary/aromatic N) is 3. The van der Waals surface area contributed by atoms with Crippen LogP contribution in [0.25, 0.3) is 0 Å². The molecule has 1 aromatic rings. The van der Waals surface area contributed by atoms with Gasteiger partial charge < -0.3 is 16.1 Å². The minimum atomic E-state index is 0.475. The monoisotopic (exact) mass is 245 g/mol. The third-order valence-corrected chi connectivity index (χ3v) is 2.98. The topological polar surface area (TPSA) is 66.0 Å². The molecule has 0 amide bonds. The van der Waals surface area contributed by atoms with E-state index in [0.29, 0.717) is 12.4 Å². The van der Waals surface area contributed by atoms with Gasteiger partial charge in [-0.05, 0) is 38.1 Å². The van der Waals surface area contributed by atoms with Gasteiger partial charge >= 0.3 is 0 Å². The van der Waals surface area contributed by atoms with Crippen molar-refractivity contribution in [3.63, 3.8) is 0 Å². The van der Waals surface area contributed by atoms with Crippen LogP contribution in [0.15, 0.2) is 34.4 Å². The zero-order valence-electron chi connectivity index (χ0n) is 10.8. The Morgan fingerprint density at radius 3 is 2.44 bits per heavy atom. The Bertz CT molecular complexity index is 457. The first-order valence-corrected chi connectivity index (χ1v) is 6.23. The van der Waals surface area contributed by atoms with E-state index in [1.165, 1.54) is 5.69 Å². The summed E-state index contributed by atoms with van der Waals surface area (Å²) in [4.78, 5) is 6.77. The first-order chi connectivity index (χ1) is 8.74. The molecule has 0 fully saturated rings. The van der Waals surface area contributed by atoms with Crippen LogP contribution in [0.1, 0.15) is 13.8 Å². The third kappa shape index (κ3) is 2.61. The van der Waals surface area contributed by atoms with Crippen molar-refractivity contribution in [3.8, 4) is 0 Å². The number of rotatable bonds is 4. The number of aliphatic imine (C=N–C) groups is 1. The molecular weight excluding hydrogens is 226 g/mol. The highest BCUT2D eigenvalue weighted by Crippen LogP contribution is 2.20. The van der Waals surface area contributed by atoms with Gasteiger partial charge in [0.1, 0.15) is 5.71 Å². The van der Waals surface area contributed by atoms with Crippen LogP contribution in [-0.4, -0.2) is 31.2 Å². The summed E-state index contributed by atoms with van der Waals surface area (Å²) in [5.74, 6) is 0.475. The van der Waals surface area contributed by atoms with E-state index in [1.807, 2.05) is 12.1 Å². The Kier molecular flexibility index (Phi) is 3.82. The van der Waals surface area contributed by atoms with E-state index >= 15 is 0 Å². The summed E-state index contributed by atoms with van der Waals surface area (Å²) < 4.78 is 0. The standard InChI is InChI=1S/C13H19N5/c1-3-18(4-2)11-7-5-10(6-8-11)16-12-9-15-17-13(12)14/h5-8,15H,3-4,9H2,1-2H3,(H2,14,17). The molecule has 5 heteroatoms. The fourth-order valence-corrected chi connectivity index (χ4v) is 1.93. The van der Waals surface area contributed by atoms with E-state index in [9.17, 15) is 0 Å². The van der Waals surface area contributed by atoms with E-state index in [2.05, 4.69) is 46.4 Å². The summed E-state index contributed by atoms with van der Waals surface area (Å²) in [6.45, 7) is 6.92. The van der Waals surface area contributed by atoms with Crippen LogP contribution < -0.4 is 16.1 Å². The van der Waals surface area contributed by atoms with Crippen molar-refractivity contribution in [1.82, 2.24) is 5.43 Å². The minimum absolute atomic E-state index is 0.475. The lowest BCUT2D eigenvalue weighted by molar-refractivity contribution is 0.866. The number of amidine groups is 1. The molecule has 0 radical (unpaired) electrons. The molecule has 1 heterocycles. The van der Waals surface area contributed by atoms with Gasteiger partial charge in [-0.25, -0.2) is 4.99 Å². The van der Waals surface area contributed by atoms with E-state index < -0.39 is 0 Å². The van der Waals surface area contributed by atoms with Crippen LogP contribution in [0.4, 0.5) is 11.4 Å². The lowest BCUT2D eigenvalue weighted by Crippen LogP contribution is -2.22. The summed E-state index contributed by atoms with van der Waals surface area (Å²) in [7, 11) is 0. The molecule has 0 saturated heterocycles. The van der Waals surface area contributed by atoms with Gasteiger partial charge in [-0.1, -0.05) is 0 Å². The highest BCUT2D eigenvalue weighted by Gasteiger charge is 2.11. The summed E-state index contributed by atoms with van der Waals surface area (Å²) in [6, 6.07) is 8.18. The highest BCUT2D eigenvalue weighted by molar-refractivity contribution is 6.43. The van der Waals surface area contributed by atoms with Gasteiger partial charge in [0, 0.05) is 18.8 Å². The number of benzene rings is 1. The Labute approximate surface area is 107 Å². The van der Waals surface area contributed by atoms with Crippen LogP contribution in [0.3, 0.4) is 0 Å². The van der Waals surface area contributed by atoms with Gasteiger partial charge in [0.05, 0.1) is 12.2 Å². The molecule has 0 aromatic heterocycles. The van der Waals surface area contributed by atoms with E-state index in [4.69, 9.17) is 5.73 Å².